The molecule has 2 amide bonds. The third-order valence-electron chi connectivity index (χ3n) is 3.75. The minimum atomic E-state index is -0.297. The Morgan fingerprint density at radius 3 is 2.50 bits per heavy atom. The van der Waals surface area contributed by atoms with Gasteiger partial charge >= 0.3 is 0 Å². The van der Waals surface area contributed by atoms with Gasteiger partial charge in [0.1, 0.15) is 0 Å². The minimum absolute atomic E-state index is 0.0969. The van der Waals surface area contributed by atoms with Gasteiger partial charge in [0.05, 0.1) is 18.6 Å². The molecule has 1 aromatic carbocycles. The van der Waals surface area contributed by atoms with Crippen LogP contribution in [0, 0.1) is 0 Å². The van der Waals surface area contributed by atoms with Crippen LogP contribution in [0.1, 0.15) is 26.3 Å². The van der Waals surface area contributed by atoms with Gasteiger partial charge in [0, 0.05) is 30.4 Å². The first-order chi connectivity index (χ1) is 11.5. The van der Waals surface area contributed by atoms with Crippen molar-refractivity contribution >= 4 is 23.2 Å². The Bertz CT molecular complexity index is 683. The molecule has 128 valence electrons. The maximum atomic E-state index is 12.5. The van der Waals surface area contributed by atoms with Crippen LogP contribution in [0.15, 0.2) is 47.3 Å². The Labute approximate surface area is 141 Å². The van der Waals surface area contributed by atoms with E-state index in [9.17, 15) is 9.59 Å². The van der Waals surface area contributed by atoms with E-state index < -0.39 is 0 Å². The number of nitrogens with one attached hydrogen (secondary N) is 2. The van der Waals surface area contributed by atoms with Crippen LogP contribution in [0.2, 0.25) is 0 Å². The Hall–Kier alpha value is -2.60. The molecule has 24 heavy (non-hydrogen) atoms. The number of anilines is 2. The molecule has 0 saturated heterocycles. The van der Waals surface area contributed by atoms with E-state index in [4.69, 9.17) is 4.42 Å². The lowest BCUT2D eigenvalue weighted by Crippen LogP contribution is -2.41. The van der Waals surface area contributed by atoms with Crippen LogP contribution in [0.5, 0.6) is 0 Å². The molecule has 6 nitrogen and oxygen atoms in total. The summed E-state index contributed by atoms with van der Waals surface area (Å²) in [6.07, 6.45) is 3.31. The molecule has 2 aromatic rings. The van der Waals surface area contributed by atoms with E-state index in [1.807, 2.05) is 19.9 Å². The van der Waals surface area contributed by atoms with Crippen LogP contribution in [-0.4, -0.2) is 29.3 Å². The van der Waals surface area contributed by atoms with E-state index in [2.05, 4.69) is 15.5 Å². The number of benzene rings is 1. The highest BCUT2D eigenvalue weighted by atomic mass is 16.3. The van der Waals surface area contributed by atoms with Gasteiger partial charge in [-0.1, -0.05) is 13.0 Å². The van der Waals surface area contributed by atoms with Gasteiger partial charge in [0.25, 0.3) is 0 Å². The zero-order valence-corrected chi connectivity index (χ0v) is 14.2. The second kappa shape index (κ2) is 8.31. The molecule has 0 saturated carbocycles. The van der Waals surface area contributed by atoms with Crippen molar-refractivity contribution in [2.45, 2.75) is 33.4 Å². The smallest absolute Gasteiger partial charge is 0.241 e. The number of hydrogen-bond acceptors (Lipinski definition) is 4. The summed E-state index contributed by atoms with van der Waals surface area (Å²) in [5.41, 5.74) is 2.33. The topological polar surface area (TPSA) is 74.6 Å². The summed E-state index contributed by atoms with van der Waals surface area (Å²) in [7, 11) is 0. The van der Waals surface area contributed by atoms with Crippen molar-refractivity contribution in [2.75, 3.05) is 17.2 Å². The molecular formula is C18H23N3O3. The maximum Gasteiger partial charge on any atom is 0.241 e. The summed E-state index contributed by atoms with van der Waals surface area (Å²) in [6.45, 7) is 6.72. The van der Waals surface area contributed by atoms with Gasteiger partial charge in [-0.2, -0.15) is 0 Å². The van der Waals surface area contributed by atoms with Gasteiger partial charge < -0.3 is 15.1 Å². The van der Waals surface area contributed by atoms with Gasteiger partial charge in [0.15, 0.2) is 0 Å². The number of furan rings is 1. The highest BCUT2D eigenvalue weighted by molar-refractivity contribution is 5.96. The van der Waals surface area contributed by atoms with Gasteiger partial charge in [-0.05, 0) is 37.7 Å². The molecule has 2 N–H and O–H groups in total. The quantitative estimate of drug-likeness (QED) is 0.818. The summed E-state index contributed by atoms with van der Waals surface area (Å²) < 4.78 is 5.08. The monoisotopic (exact) mass is 329 g/mol. The fourth-order valence-corrected chi connectivity index (χ4v) is 2.43. The molecule has 0 unspecified atom stereocenters. The van der Waals surface area contributed by atoms with Crippen LogP contribution in [0.4, 0.5) is 11.4 Å². The van der Waals surface area contributed by atoms with E-state index in [0.29, 0.717) is 17.9 Å². The fourth-order valence-electron chi connectivity index (χ4n) is 2.43. The number of amides is 2. The molecule has 2 rings (SSSR count). The maximum absolute atomic E-state index is 12.5. The van der Waals surface area contributed by atoms with Crippen molar-refractivity contribution in [3.05, 3.63) is 48.4 Å². The first-order valence-electron chi connectivity index (χ1n) is 7.93. The number of likely N-dealkylation sites (N-methyl/N-ethyl adjacent to an activating group) is 1. The van der Waals surface area contributed by atoms with Gasteiger partial charge in [-0.3, -0.25) is 14.5 Å². The lowest BCUT2D eigenvalue weighted by atomic mass is 10.2. The van der Waals surface area contributed by atoms with Gasteiger partial charge in [-0.15, -0.1) is 0 Å². The van der Waals surface area contributed by atoms with E-state index in [1.54, 1.807) is 36.8 Å². The van der Waals surface area contributed by atoms with Crippen molar-refractivity contribution in [3.8, 4) is 0 Å². The van der Waals surface area contributed by atoms with Gasteiger partial charge in [0.2, 0.25) is 11.8 Å². The predicted octanol–water partition coefficient (Wildman–Crippen LogP) is 3.09. The summed E-state index contributed by atoms with van der Waals surface area (Å²) in [6, 6.07) is 8.69. The van der Waals surface area contributed by atoms with Crippen LogP contribution in [0.25, 0.3) is 0 Å². The molecule has 0 aliphatic carbocycles. The number of nitrogens with zero attached hydrogens (tertiary/aromatic N) is 1. The highest BCUT2D eigenvalue weighted by Crippen LogP contribution is 2.16. The summed E-state index contributed by atoms with van der Waals surface area (Å²) in [5, 5.41) is 5.59. The molecule has 0 aliphatic rings. The normalized spacial score (nSPS) is 12.0. The zero-order valence-electron chi connectivity index (χ0n) is 14.2. The molecule has 0 fully saturated rings. The van der Waals surface area contributed by atoms with Crippen LogP contribution < -0.4 is 10.6 Å². The molecule has 1 aromatic heterocycles. The van der Waals surface area contributed by atoms with E-state index in [1.165, 1.54) is 6.92 Å². The fraction of sp³-hybridized carbons (Fsp3) is 0.333. The minimum Gasteiger partial charge on any atom is -0.472 e. The number of carbonyl (C=O) groups excluding carboxylic acids is 2. The number of carbonyl (C=O) groups is 2. The molecular weight excluding hydrogens is 306 g/mol. The Kier molecular flexibility index (Phi) is 6.14. The lowest BCUT2D eigenvalue weighted by molar-refractivity contribution is -0.121. The number of hydrogen-bond donors (Lipinski definition) is 2. The molecule has 0 spiro atoms. The Morgan fingerprint density at radius 1 is 1.21 bits per heavy atom. The molecule has 0 bridgehead atoms. The predicted molar refractivity (Wildman–Crippen MR) is 93.6 cm³/mol. The second-order valence-electron chi connectivity index (χ2n) is 5.62. The van der Waals surface area contributed by atoms with Crippen molar-refractivity contribution in [1.82, 2.24) is 4.90 Å². The van der Waals surface area contributed by atoms with Crippen molar-refractivity contribution in [3.63, 3.8) is 0 Å². The third-order valence-corrected chi connectivity index (χ3v) is 3.75. The highest BCUT2D eigenvalue weighted by Gasteiger charge is 2.20. The number of rotatable bonds is 7. The van der Waals surface area contributed by atoms with E-state index in [0.717, 1.165) is 12.1 Å². The molecule has 6 heteroatoms. The van der Waals surface area contributed by atoms with Gasteiger partial charge in [-0.25, -0.2) is 0 Å². The SMILES string of the molecule is CCN(Cc1ccoc1)[C@@H](C)C(=O)Nc1cccc(NC(C)=O)c1. The standard InChI is InChI=1S/C18H23N3O3/c1-4-21(11-15-8-9-24-12-15)13(2)18(23)20-17-7-5-6-16(10-17)19-14(3)22/h5-10,12-13H,4,11H2,1-3H3,(H,19,22)(H,20,23)/t13-/m0/s1. The van der Waals surface area contributed by atoms with Crippen molar-refractivity contribution < 1.29 is 14.0 Å². The summed E-state index contributed by atoms with van der Waals surface area (Å²) in [5.74, 6) is -0.246. The van der Waals surface area contributed by atoms with E-state index in [-0.39, 0.29) is 17.9 Å². The Balaban J connectivity index is 2.00. The third kappa shape index (κ3) is 4.96. The zero-order chi connectivity index (χ0) is 17.5. The van der Waals surface area contributed by atoms with Crippen molar-refractivity contribution in [2.24, 2.45) is 0 Å². The molecule has 1 heterocycles. The summed E-state index contributed by atoms with van der Waals surface area (Å²) >= 11 is 0. The van der Waals surface area contributed by atoms with Crippen LogP contribution in [0.3, 0.4) is 0 Å². The molecule has 0 radical (unpaired) electrons. The molecule has 0 aliphatic heterocycles. The van der Waals surface area contributed by atoms with Crippen molar-refractivity contribution in [1.29, 1.82) is 0 Å². The largest absolute Gasteiger partial charge is 0.472 e. The summed E-state index contributed by atoms with van der Waals surface area (Å²) in [4.78, 5) is 25.7. The average molecular weight is 329 g/mol. The first-order valence-corrected chi connectivity index (χ1v) is 7.93. The lowest BCUT2D eigenvalue weighted by Gasteiger charge is -2.26. The molecule has 1 atom stereocenters. The van der Waals surface area contributed by atoms with E-state index >= 15 is 0 Å². The van der Waals surface area contributed by atoms with Crippen LogP contribution >= 0.6 is 0 Å². The van der Waals surface area contributed by atoms with Crippen LogP contribution in [-0.2, 0) is 16.1 Å². The first kappa shape index (κ1) is 17.7. The average Bonchev–Trinajstić information content (AvgIpc) is 3.04. The second-order valence-corrected chi connectivity index (χ2v) is 5.62. The Morgan fingerprint density at radius 2 is 1.92 bits per heavy atom.